The third-order valence-corrected chi connectivity index (χ3v) is 6.27. The van der Waals surface area contributed by atoms with E-state index >= 15 is 0 Å². The molecule has 1 N–H and O–H groups in total. The van der Waals surface area contributed by atoms with Crippen LogP contribution in [0.1, 0.15) is 25.7 Å². The first-order valence-corrected chi connectivity index (χ1v) is 8.84. The highest BCUT2D eigenvalue weighted by Crippen LogP contribution is 2.33. The van der Waals surface area contributed by atoms with Crippen LogP contribution < -0.4 is 5.32 Å². The van der Waals surface area contributed by atoms with Gasteiger partial charge >= 0.3 is 0 Å². The third-order valence-electron chi connectivity index (χ3n) is 4.32. The molecule has 0 amide bonds. The van der Waals surface area contributed by atoms with Crippen molar-refractivity contribution >= 4 is 15.7 Å². The smallest absolute Gasteiger partial charge is 0.247 e. The molecule has 1 saturated heterocycles. The molecule has 1 aromatic heterocycles. The largest absolute Gasteiger partial charge is 0.387 e. The molecule has 116 valence electrons. The SMILES string of the molecule is CNc1ccncc1S(=O)(=O)N1CCOC2CCCCC21. The van der Waals surface area contributed by atoms with Gasteiger partial charge in [-0.3, -0.25) is 4.98 Å². The summed E-state index contributed by atoms with van der Waals surface area (Å²) in [5.41, 5.74) is 0.587. The minimum Gasteiger partial charge on any atom is -0.387 e. The van der Waals surface area contributed by atoms with Crippen LogP contribution in [0.5, 0.6) is 0 Å². The molecule has 0 bridgehead atoms. The van der Waals surface area contributed by atoms with Crippen LogP contribution >= 0.6 is 0 Å². The van der Waals surface area contributed by atoms with Gasteiger partial charge in [-0.25, -0.2) is 8.42 Å². The molecule has 2 aliphatic rings. The zero-order valence-corrected chi connectivity index (χ0v) is 13.0. The maximum Gasteiger partial charge on any atom is 0.247 e. The second kappa shape index (κ2) is 5.90. The average molecular weight is 311 g/mol. The van der Waals surface area contributed by atoms with Crippen LogP contribution in [-0.4, -0.2) is 50.1 Å². The molecule has 6 nitrogen and oxygen atoms in total. The van der Waals surface area contributed by atoms with Crippen molar-refractivity contribution < 1.29 is 13.2 Å². The third kappa shape index (κ3) is 2.65. The first-order valence-electron chi connectivity index (χ1n) is 7.40. The van der Waals surface area contributed by atoms with E-state index in [0.717, 1.165) is 25.7 Å². The Morgan fingerprint density at radius 3 is 3.00 bits per heavy atom. The lowest BCUT2D eigenvalue weighted by atomic mass is 9.91. The number of rotatable bonds is 3. The van der Waals surface area contributed by atoms with Gasteiger partial charge in [-0.15, -0.1) is 0 Å². The molecule has 0 spiro atoms. The van der Waals surface area contributed by atoms with E-state index in [2.05, 4.69) is 10.3 Å². The van der Waals surface area contributed by atoms with Crippen LogP contribution in [0, 0.1) is 0 Å². The number of anilines is 1. The van der Waals surface area contributed by atoms with Crippen LogP contribution in [0.25, 0.3) is 0 Å². The van der Waals surface area contributed by atoms with Crippen molar-refractivity contribution in [3.63, 3.8) is 0 Å². The Morgan fingerprint density at radius 1 is 1.38 bits per heavy atom. The molecular formula is C14H21N3O3S. The number of morpholine rings is 1. The summed E-state index contributed by atoms with van der Waals surface area (Å²) in [7, 11) is -1.83. The Hall–Kier alpha value is -1.18. The minimum absolute atomic E-state index is 0.0389. The van der Waals surface area contributed by atoms with Crippen molar-refractivity contribution in [1.82, 2.24) is 9.29 Å². The maximum absolute atomic E-state index is 13.0. The van der Waals surface area contributed by atoms with Crippen molar-refractivity contribution in [2.45, 2.75) is 42.7 Å². The van der Waals surface area contributed by atoms with Crippen LogP contribution in [0.2, 0.25) is 0 Å². The zero-order chi connectivity index (χ0) is 14.9. The van der Waals surface area contributed by atoms with Gasteiger partial charge in [0.1, 0.15) is 4.90 Å². The minimum atomic E-state index is -3.55. The zero-order valence-electron chi connectivity index (χ0n) is 12.2. The van der Waals surface area contributed by atoms with Gasteiger partial charge in [0.05, 0.1) is 24.4 Å². The second-order valence-corrected chi connectivity index (χ2v) is 7.36. The van der Waals surface area contributed by atoms with Gasteiger partial charge in [0.15, 0.2) is 0 Å². The highest BCUT2D eigenvalue weighted by atomic mass is 32.2. The summed E-state index contributed by atoms with van der Waals surface area (Å²) in [5.74, 6) is 0. The fourth-order valence-corrected chi connectivity index (χ4v) is 5.09. The summed E-state index contributed by atoms with van der Waals surface area (Å²) in [6.45, 7) is 0.886. The van der Waals surface area contributed by atoms with Crippen molar-refractivity contribution in [2.24, 2.45) is 0 Å². The molecule has 7 heteroatoms. The number of nitrogens with zero attached hydrogens (tertiary/aromatic N) is 2. The number of hydrogen-bond acceptors (Lipinski definition) is 5. The van der Waals surface area contributed by atoms with E-state index < -0.39 is 10.0 Å². The van der Waals surface area contributed by atoms with Gasteiger partial charge in [-0.05, 0) is 18.9 Å². The Morgan fingerprint density at radius 2 is 2.19 bits per heavy atom. The Kier molecular flexibility index (Phi) is 4.14. The van der Waals surface area contributed by atoms with Gasteiger partial charge in [-0.1, -0.05) is 12.8 Å². The van der Waals surface area contributed by atoms with E-state index in [4.69, 9.17) is 4.74 Å². The topological polar surface area (TPSA) is 71.5 Å². The van der Waals surface area contributed by atoms with Gasteiger partial charge < -0.3 is 10.1 Å². The molecule has 3 rings (SSSR count). The number of hydrogen-bond donors (Lipinski definition) is 1. The summed E-state index contributed by atoms with van der Waals surface area (Å²) < 4.78 is 33.4. The quantitative estimate of drug-likeness (QED) is 0.915. The molecule has 2 atom stereocenters. The molecule has 2 heterocycles. The lowest BCUT2D eigenvalue weighted by molar-refractivity contribution is -0.0586. The van der Waals surface area contributed by atoms with Crippen LogP contribution in [0.4, 0.5) is 5.69 Å². The first kappa shape index (κ1) is 14.7. The van der Waals surface area contributed by atoms with Gasteiger partial charge in [0.25, 0.3) is 0 Å². The standard InChI is InChI=1S/C14H21N3O3S/c1-15-11-6-7-16-10-14(11)21(18,19)17-8-9-20-13-5-3-2-4-12(13)17/h6-7,10,12-13H,2-5,8-9H2,1H3,(H,15,16). The first-order chi connectivity index (χ1) is 10.1. The fraction of sp³-hybridized carbons (Fsp3) is 0.643. The summed E-state index contributed by atoms with van der Waals surface area (Å²) in [6, 6.07) is 1.65. The number of nitrogens with one attached hydrogen (secondary N) is 1. The average Bonchev–Trinajstić information content (AvgIpc) is 2.54. The summed E-state index contributed by atoms with van der Waals surface area (Å²) in [6.07, 6.45) is 7.05. The normalized spacial score (nSPS) is 27.1. The van der Waals surface area contributed by atoms with E-state index in [-0.39, 0.29) is 17.0 Å². The van der Waals surface area contributed by atoms with Gasteiger partial charge in [0, 0.05) is 26.0 Å². The van der Waals surface area contributed by atoms with Crippen LogP contribution in [0.3, 0.4) is 0 Å². The second-order valence-electron chi connectivity index (χ2n) is 5.50. The summed E-state index contributed by atoms with van der Waals surface area (Å²) in [5, 5.41) is 2.94. The van der Waals surface area contributed by atoms with E-state index in [1.165, 1.54) is 6.20 Å². The molecule has 1 aliphatic heterocycles. The summed E-state index contributed by atoms with van der Waals surface area (Å²) >= 11 is 0. The molecular weight excluding hydrogens is 290 g/mol. The van der Waals surface area contributed by atoms with Gasteiger partial charge in [-0.2, -0.15) is 4.31 Å². The van der Waals surface area contributed by atoms with Crippen molar-refractivity contribution in [3.8, 4) is 0 Å². The highest BCUT2D eigenvalue weighted by molar-refractivity contribution is 7.89. The van der Waals surface area contributed by atoms with Crippen molar-refractivity contribution in [1.29, 1.82) is 0 Å². The molecule has 1 saturated carbocycles. The van der Waals surface area contributed by atoms with E-state index in [1.54, 1.807) is 23.6 Å². The van der Waals surface area contributed by atoms with E-state index in [0.29, 0.717) is 18.8 Å². The molecule has 2 fully saturated rings. The molecule has 21 heavy (non-hydrogen) atoms. The molecule has 0 radical (unpaired) electrons. The fourth-order valence-electron chi connectivity index (χ4n) is 3.28. The number of aromatic nitrogens is 1. The predicted octanol–water partition coefficient (Wildman–Crippen LogP) is 1.46. The highest BCUT2D eigenvalue weighted by Gasteiger charge is 2.41. The molecule has 1 aromatic rings. The maximum atomic E-state index is 13.0. The lowest BCUT2D eigenvalue weighted by Gasteiger charge is -2.42. The Labute approximate surface area is 125 Å². The van der Waals surface area contributed by atoms with E-state index in [1.807, 2.05) is 0 Å². The number of sulfonamides is 1. The van der Waals surface area contributed by atoms with Crippen LogP contribution in [0.15, 0.2) is 23.4 Å². The number of fused-ring (bicyclic) bond motifs is 1. The predicted molar refractivity (Wildman–Crippen MR) is 79.7 cm³/mol. The Balaban J connectivity index is 1.96. The van der Waals surface area contributed by atoms with E-state index in [9.17, 15) is 8.42 Å². The number of pyridine rings is 1. The van der Waals surface area contributed by atoms with Crippen molar-refractivity contribution in [3.05, 3.63) is 18.5 Å². The van der Waals surface area contributed by atoms with Crippen LogP contribution in [-0.2, 0) is 14.8 Å². The summed E-state index contributed by atoms with van der Waals surface area (Å²) in [4.78, 5) is 4.23. The van der Waals surface area contributed by atoms with Gasteiger partial charge in [0.2, 0.25) is 10.0 Å². The van der Waals surface area contributed by atoms with Crippen molar-refractivity contribution in [2.75, 3.05) is 25.5 Å². The Bertz CT molecular complexity index is 603. The lowest BCUT2D eigenvalue weighted by Crippen LogP contribution is -2.54. The molecule has 0 aromatic carbocycles. The monoisotopic (exact) mass is 311 g/mol. The molecule has 1 aliphatic carbocycles. The number of ether oxygens (including phenoxy) is 1. The molecule has 2 unspecified atom stereocenters.